The molecule has 0 saturated heterocycles. The summed E-state index contributed by atoms with van der Waals surface area (Å²) in [5, 5.41) is 0. The zero-order valence-electron chi connectivity index (χ0n) is 18.3. The number of rotatable bonds is 6. The summed E-state index contributed by atoms with van der Waals surface area (Å²) in [4.78, 5) is 0. The average Bonchev–Trinajstić information content (AvgIpc) is 2.51. The molecule has 0 amide bonds. The first-order valence-corrected chi connectivity index (χ1v) is 12.1. The first kappa shape index (κ1) is 20.8. The van der Waals surface area contributed by atoms with Gasteiger partial charge in [-0.25, -0.2) is 0 Å². The molecule has 0 nitrogen and oxygen atoms in total. The summed E-state index contributed by atoms with van der Waals surface area (Å²) >= 11 is 0. The fraction of sp³-hybridized carbons (Fsp3) is 0.333. The lowest BCUT2D eigenvalue weighted by Crippen LogP contribution is -1.96. The third-order valence-electron chi connectivity index (χ3n) is 5.06. The Bertz CT molecular complexity index is 780. The van der Waals surface area contributed by atoms with Crippen LogP contribution in [-0.2, 0) is 18.5 Å². The third-order valence-corrected chi connectivity index (χ3v) is 7.50. The summed E-state index contributed by atoms with van der Waals surface area (Å²) in [5.41, 5.74) is 12.8. The summed E-state index contributed by atoms with van der Waals surface area (Å²) in [6.07, 6.45) is 3.58. The van der Waals surface area contributed by atoms with Gasteiger partial charge in [0.05, 0.1) is 0 Å². The number of hydrogen-bond donors (Lipinski definition) is 0. The molecule has 28 heavy (non-hydrogen) atoms. The molecule has 146 valence electrons. The molecule has 0 unspecified atom stereocenters. The van der Waals surface area contributed by atoms with Gasteiger partial charge in [-0.3, -0.25) is 0 Å². The maximum Gasteiger partial charge on any atom is -0.00669 e. The number of aryl methyl sites for hydroxylation is 6. The molecular weight excluding hydrogens is 355 g/mol. The van der Waals surface area contributed by atoms with E-state index in [2.05, 4.69) is 96.1 Å². The van der Waals surface area contributed by atoms with Crippen LogP contribution in [0, 0.1) is 41.5 Å². The zero-order valence-corrected chi connectivity index (χ0v) is 19.2. The Kier molecular flexibility index (Phi) is 6.73. The van der Waals surface area contributed by atoms with Crippen molar-refractivity contribution in [3.8, 4) is 0 Å². The predicted molar refractivity (Wildman–Crippen MR) is 126 cm³/mol. The van der Waals surface area contributed by atoms with Crippen LogP contribution in [0.3, 0.4) is 0 Å². The van der Waals surface area contributed by atoms with E-state index >= 15 is 0 Å². The van der Waals surface area contributed by atoms with E-state index in [-0.39, 0.29) is 7.92 Å². The molecule has 3 rings (SSSR count). The van der Waals surface area contributed by atoms with Crippen LogP contribution in [-0.4, -0.2) is 0 Å². The smallest absolute Gasteiger partial charge is 0.00669 e. The quantitative estimate of drug-likeness (QED) is 0.376. The van der Waals surface area contributed by atoms with Crippen molar-refractivity contribution in [2.24, 2.45) is 0 Å². The number of hydrogen-bond acceptors (Lipinski definition) is 0. The monoisotopic (exact) mass is 388 g/mol. The predicted octanol–water partition coefficient (Wildman–Crippen LogP) is 7.92. The molecule has 0 radical (unpaired) electrons. The maximum atomic E-state index is 2.38. The van der Waals surface area contributed by atoms with Gasteiger partial charge in [0.1, 0.15) is 0 Å². The van der Waals surface area contributed by atoms with Crippen LogP contribution < -0.4 is 0 Å². The minimum absolute atomic E-state index is 0.164. The van der Waals surface area contributed by atoms with E-state index in [4.69, 9.17) is 0 Å². The minimum atomic E-state index is -0.164. The van der Waals surface area contributed by atoms with Gasteiger partial charge in [0.15, 0.2) is 0 Å². The van der Waals surface area contributed by atoms with E-state index in [0.717, 1.165) is 0 Å². The van der Waals surface area contributed by atoms with Gasteiger partial charge in [-0.2, -0.15) is 0 Å². The average molecular weight is 389 g/mol. The van der Waals surface area contributed by atoms with E-state index < -0.39 is 0 Å². The van der Waals surface area contributed by atoms with Crippen LogP contribution in [0.4, 0.5) is 0 Å². The molecule has 0 spiro atoms. The molecule has 0 atom stereocenters. The third kappa shape index (κ3) is 6.05. The molecule has 0 aliphatic rings. The zero-order chi connectivity index (χ0) is 20.3. The lowest BCUT2D eigenvalue weighted by atomic mass is 10.1. The van der Waals surface area contributed by atoms with Crippen LogP contribution >= 0.6 is 7.92 Å². The summed E-state index contributed by atoms with van der Waals surface area (Å²) in [7, 11) is -0.164. The van der Waals surface area contributed by atoms with Crippen LogP contribution in [0.1, 0.15) is 50.1 Å². The van der Waals surface area contributed by atoms with Crippen molar-refractivity contribution >= 4 is 7.92 Å². The molecule has 3 aromatic carbocycles. The Morgan fingerprint density at radius 1 is 0.393 bits per heavy atom. The topological polar surface area (TPSA) is 0 Å². The van der Waals surface area contributed by atoms with Gasteiger partial charge in [0, 0.05) is 0 Å². The molecule has 0 saturated carbocycles. The minimum Gasteiger partial charge on any atom is -0.0932 e. The molecule has 3 aromatic rings. The summed E-state index contributed by atoms with van der Waals surface area (Å²) < 4.78 is 0. The van der Waals surface area contributed by atoms with E-state index in [9.17, 15) is 0 Å². The van der Waals surface area contributed by atoms with Gasteiger partial charge in [-0.1, -0.05) is 95.9 Å². The van der Waals surface area contributed by atoms with Gasteiger partial charge >= 0.3 is 0 Å². The van der Waals surface area contributed by atoms with Gasteiger partial charge in [-0.05, 0) is 76.7 Å². The molecule has 1 heteroatoms. The highest BCUT2D eigenvalue weighted by atomic mass is 31.1. The standard InChI is InChI=1S/C27H33P/c1-19-7-20(2)11-25(10-19)16-28(17-26-12-21(3)8-22(4)13-26)18-27-14-23(5)9-24(6)15-27/h7-15H,16-18H2,1-6H3. The SMILES string of the molecule is Cc1cc(C)cc(CP(Cc2cc(C)cc(C)c2)Cc2cc(C)cc(C)c2)c1. The largest absolute Gasteiger partial charge is 0.0932 e. The second-order valence-corrected chi connectivity index (χ2v) is 10.9. The molecule has 0 aliphatic heterocycles. The van der Waals surface area contributed by atoms with Crippen molar-refractivity contribution in [3.05, 3.63) is 105 Å². The molecule has 0 fully saturated rings. The van der Waals surface area contributed by atoms with Crippen molar-refractivity contribution in [2.45, 2.75) is 60.0 Å². The molecule has 0 aromatic heterocycles. The van der Waals surface area contributed by atoms with Crippen LogP contribution in [0.25, 0.3) is 0 Å². The van der Waals surface area contributed by atoms with Gasteiger partial charge < -0.3 is 0 Å². The van der Waals surface area contributed by atoms with Crippen LogP contribution in [0.15, 0.2) is 54.6 Å². The Morgan fingerprint density at radius 2 is 0.607 bits per heavy atom. The highest BCUT2D eigenvalue weighted by molar-refractivity contribution is 7.55. The van der Waals surface area contributed by atoms with E-state index in [1.165, 1.54) is 68.6 Å². The molecular formula is C27H33P. The normalized spacial score (nSPS) is 11.2. The van der Waals surface area contributed by atoms with Crippen molar-refractivity contribution in [2.75, 3.05) is 0 Å². The van der Waals surface area contributed by atoms with E-state index in [1.54, 1.807) is 0 Å². The molecule has 0 heterocycles. The summed E-state index contributed by atoms with van der Waals surface area (Å²) in [6, 6.07) is 21.1. The number of benzene rings is 3. The fourth-order valence-corrected chi connectivity index (χ4v) is 6.86. The van der Waals surface area contributed by atoms with Crippen LogP contribution in [0.5, 0.6) is 0 Å². The molecule has 0 bridgehead atoms. The van der Waals surface area contributed by atoms with Gasteiger partial charge in [-0.15, -0.1) is 0 Å². The van der Waals surface area contributed by atoms with Crippen molar-refractivity contribution in [1.29, 1.82) is 0 Å². The van der Waals surface area contributed by atoms with Crippen molar-refractivity contribution in [1.82, 2.24) is 0 Å². The van der Waals surface area contributed by atoms with Gasteiger partial charge in [0.2, 0.25) is 0 Å². The highest BCUT2D eigenvalue weighted by Gasteiger charge is 2.13. The molecule has 0 aliphatic carbocycles. The summed E-state index contributed by atoms with van der Waals surface area (Å²) in [5.74, 6) is 0. The van der Waals surface area contributed by atoms with Crippen molar-refractivity contribution in [3.63, 3.8) is 0 Å². The summed E-state index contributed by atoms with van der Waals surface area (Å²) in [6.45, 7) is 13.3. The van der Waals surface area contributed by atoms with E-state index in [0.29, 0.717) is 0 Å². The van der Waals surface area contributed by atoms with E-state index in [1.807, 2.05) is 0 Å². The van der Waals surface area contributed by atoms with Gasteiger partial charge in [0.25, 0.3) is 0 Å². The fourth-order valence-electron chi connectivity index (χ4n) is 4.42. The highest BCUT2D eigenvalue weighted by Crippen LogP contribution is 2.47. The second kappa shape index (κ2) is 9.06. The lowest BCUT2D eigenvalue weighted by molar-refractivity contribution is 1.21. The first-order valence-electron chi connectivity index (χ1n) is 10.2. The van der Waals surface area contributed by atoms with Crippen molar-refractivity contribution < 1.29 is 0 Å². The lowest BCUT2D eigenvalue weighted by Gasteiger charge is -2.20. The Hall–Kier alpha value is -1.91. The Morgan fingerprint density at radius 3 is 0.821 bits per heavy atom. The first-order chi connectivity index (χ1) is 13.3. The molecule has 0 N–H and O–H groups in total. The Balaban J connectivity index is 1.89. The van der Waals surface area contributed by atoms with Crippen LogP contribution in [0.2, 0.25) is 0 Å². The second-order valence-electron chi connectivity index (χ2n) is 8.63. The maximum absolute atomic E-state index is 2.38. The Labute approximate surface area is 172 Å².